The molecule has 2 fully saturated rings. The van der Waals surface area contributed by atoms with Crippen molar-refractivity contribution in [3.8, 4) is 0 Å². The largest absolute Gasteiger partial charge is 0.458 e. The van der Waals surface area contributed by atoms with Crippen molar-refractivity contribution in [3.05, 3.63) is 12.2 Å². The summed E-state index contributed by atoms with van der Waals surface area (Å²) in [5.41, 5.74) is -4.72. The predicted molar refractivity (Wildman–Crippen MR) is 111 cm³/mol. The van der Waals surface area contributed by atoms with Crippen molar-refractivity contribution in [2.24, 2.45) is 5.92 Å². The molecular formula is C23H38O7. The first kappa shape index (κ1) is 23.7. The van der Waals surface area contributed by atoms with Gasteiger partial charge in [0.25, 0.3) is 0 Å². The van der Waals surface area contributed by atoms with Crippen LogP contribution in [-0.2, 0) is 28.5 Å². The van der Waals surface area contributed by atoms with Crippen LogP contribution in [0.1, 0.15) is 67.7 Å². The van der Waals surface area contributed by atoms with E-state index in [0.717, 1.165) is 0 Å². The first-order valence-corrected chi connectivity index (χ1v) is 11.1. The number of aliphatic hydroxyl groups is 1. The summed E-state index contributed by atoms with van der Waals surface area (Å²) in [7, 11) is 0. The lowest BCUT2D eigenvalue weighted by Crippen LogP contribution is -2.67. The highest BCUT2D eigenvalue weighted by Crippen LogP contribution is 2.56. The van der Waals surface area contributed by atoms with Crippen LogP contribution >= 0.6 is 0 Å². The highest BCUT2D eigenvalue weighted by atomic mass is 16.7. The minimum absolute atomic E-state index is 0.0876. The van der Waals surface area contributed by atoms with Crippen LogP contribution in [0.25, 0.3) is 0 Å². The molecule has 30 heavy (non-hydrogen) atoms. The SMILES string of the molecule is CCO[C@@H]1C[C@@]2(C(C)C)C=C[C@@](O)(CCC3(C)OCCO3)[C@]1(C(=O)OC(C)(C)C)O2. The quantitative estimate of drug-likeness (QED) is 0.495. The van der Waals surface area contributed by atoms with Crippen LogP contribution in [0.4, 0.5) is 0 Å². The summed E-state index contributed by atoms with van der Waals surface area (Å²) in [6, 6.07) is 0. The zero-order chi connectivity index (χ0) is 22.4. The van der Waals surface area contributed by atoms with Gasteiger partial charge in [0.15, 0.2) is 5.79 Å². The summed E-state index contributed by atoms with van der Waals surface area (Å²) in [5, 5.41) is 11.9. The minimum atomic E-state index is -1.66. The van der Waals surface area contributed by atoms with Gasteiger partial charge in [-0.25, -0.2) is 4.79 Å². The van der Waals surface area contributed by atoms with E-state index in [-0.39, 0.29) is 12.3 Å². The molecule has 0 aliphatic carbocycles. The Morgan fingerprint density at radius 1 is 1.20 bits per heavy atom. The van der Waals surface area contributed by atoms with E-state index in [9.17, 15) is 9.90 Å². The Hall–Kier alpha value is -0.990. The molecule has 0 amide bonds. The number of ether oxygens (including phenoxy) is 5. The monoisotopic (exact) mass is 426 g/mol. The Bertz CT molecular complexity index is 676. The fourth-order valence-electron chi connectivity index (χ4n) is 4.73. The first-order chi connectivity index (χ1) is 13.8. The van der Waals surface area contributed by atoms with Gasteiger partial charge in [-0.05, 0) is 47.0 Å². The molecule has 0 unspecified atom stereocenters. The van der Waals surface area contributed by atoms with Gasteiger partial charge in [-0.1, -0.05) is 26.0 Å². The summed E-state index contributed by atoms with van der Waals surface area (Å²) in [4.78, 5) is 13.7. The smallest absolute Gasteiger partial charge is 0.345 e. The van der Waals surface area contributed by atoms with Crippen LogP contribution in [0, 0.1) is 5.92 Å². The van der Waals surface area contributed by atoms with Crippen LogP contribution in [0.5, 0.6) is 0 Å². The summed E-state index contributed by atoms with van der Waals surface area (Å²) in [6.45, 7) is 14.7. The van der Waals surface area contributed by atoms with Crippen LogP contribution in [0.2, 0.25) is 0 Å². The van der Waals surface area contributed by atoms with E-state index in [2.05, 4.69) is 0 Å². The van der Waals surface area contributed by atoms with Crippen LogP contribution in [0.3, 0.4) is 0 Å². The van der Waals surface area contributed by atoms with Crippen molar-refractivity contribution < 1.29 is 33.6 Å². The van der Waals surface area contributed by atoms with E-state index < -0.39 is 40.3 Å². The van der Waals surface area contributed by atoms with Gasteiger partial charge in [0.1, 0.15) is 17.3 Å². The van der Waals surface area contributed by atoms with Gasteiger partial charge in [0, 0.05) is 19.4 Å². The molecule has 3 heterocycles. The molecule has 7 nitrogen and oxygen atoms in total. The number of fused-ring (bicyclic) bond motifs is 2. The first-order valence-electron chi connectivity index (χ1n) is 11.1. The van der Waals surface area contributed by atoms with Gasteiger partial charge in [0.05, 0.1) is 18.8 Å². The molecule has 3 aliphatic rings. The summed E-state index contributed by atoms with van der Waals surface area (Å²) >= 11 is 0. The average Bonchev–Trinajstić information content (AvgIpc) is 3.19. The van der Waals surface area contributed by atoms with Gasteiger partial charge in [0.2, 0.25) is 5.60 Å². The Labute approximate surface area is 180 Å². The number of hydrogen-bond acceptors (Lipinski definition) is 7. The normalized spacial score (nSPS) is 37.7. The Morgan fingerprint density at radius 3 is 2.37 bits per heavy atom. The number of carbonyl (C=O) groups is 1. The van der Waals surface area contributed by atoms with E-state index in [1.807, 2.05) is 33.8 Å². The third kappa shape index (κ3) is 3.95. The van der Waals surface area contributed by atoms with Crippen LogP contribution < -0.4 is 0 Å². The number of esters is 1. The second-order valence-electron chi connectivity index (χ2n) is 10.2. The van der Waals surface area contributed by atoms with Crippen molar-refractivity contribution in [3.63, 3.8) is 0 Å². The third-order valence-corrected chi connectivity index (χ3v) is 6.50. The summed E-state index contributed by atoms with van der Waals surface area (Å²) in [5.74, 6) is -1.31. The lowest BCUT2D eigenvalue weighted by Gasteiger charge is -2.48. The third-order valence-electron chi connectivity index (χ3n) is 6.50. The Morgan fingerprint density at radius 2 is 1.83 bits per heavy atom. The van der Waals surface area contributed by atoms with E-state index >= 15 is 0 Å². The number of carbonyl (C=O) groups excluding carboxylic acids is 1. The van der Waals surface area contributed by atoms with Crippen LogP contribution in [0.15, 0.2) is 12.2 Å². The molecule has 1 N–H and O–H groups in total. The van der Waals surface area contributed by atoms with Crippen LogP contribution in [-0.4, -0.2) is 65.2 Å². The van der Waals surface area contributed by atoms with Crippen molar-refractivity contribution in [1.82, 2.24) is 0 Å². The van der Waals surface area contributed by atoms with E-state index in [1.54, 1.807) is 26.8 Å². The van der Waals surface area contributed by atoms with Crippen molar-refractivity contribution in [1.29, 1.82) is 0 Å². The fourth-order valence-corrected chi connectivity index (χ4v) is 4.73. The molecule has 4 atom stereocenters. The maximum atomic E-state index is 13.7. The maximum Gasteiger partial charge on any atom is 0.345 e. The van der Waals surface area contributed by atoms with Gasteiger partial charge >= 0.3 is 5.97 Å². The van der Waals surface area contributed by atoms with Gasteiger partial charge < -0.3 is 28.8 Å². The van der Waals surface area contributed by atoms with Crippen molar-refractivity contribution in [2.45, 2.75) is 102 Å². The zero-order valence-electron chi connectivity index (χ0n) is 19.4. The molecule has 0 aromatic carbocycles. The summed E-state index contributed by atoms with van der Waals surface area (Å²) < 4.78 is 29.8. The molecule has 0 saturated carbocycles. The lowest BCUT2D eigenvalue weighted by molar-refractivity contribution is -0.247. The molecule has 3 rings (SSSR count). The Kier molecular flexibility index (Phi) is 6.20. The number of rotatable bonds is 7. The number of hydrogen-bond donors (Lipinski definition) is 1. The summed E-state index contributed by atoms with van der Waals surface area (Å²) in [6.07, 6.45) is 4.06. The molecule has 2 saturated heterocycles. The minimum Gasteiger partial charge on any atom is -0.458 e. The second-order valence-corrected chi connectivity index (χ2v) is 10.2. The molecule has 172 valence electrons. The zero-order valence-corrected chi connectivity index (χ0v) is 19.4. The molecule has 0 spiro atoms. The molecule has 3 aliphatic heterocycles. The van der Waals surface area contributed by atoms with Crippen molar-refractivity contribution >= 4 is 5.97 Å². The fraction of sp³-hybridized carbons (Fsp3) is 0.870. The highest BCUT2D eigenvalue weighted by Gasteiger charge is 2.73. The Balaban J connectivity index is 2.04. The topological polar surface area (TPSA) is 83.5 Å². The van der Waals surface area contributed by atoms with E-state index in [0.29, 0.717) is 32.7 Å². The maximum absolute atomic E-state index is 13.7. The molecular weight excluding hydrogens is 388 g/mol. The van der Waals surface area contributed by atoms with E-state index in [1.165, 1.54) is 0 Å². The highest BCUT2D eigenvalue weighted by molar-refractivity contribution is 5.84. The molecule has 0 aromatic rings. The van der Waals surface area contributed by atoms with Crippen molar-refractivity contribution in [2.75, 3.05) is 19.8 Å². The van der Waals surface area contributed by atoms with E-state index in [4.69, 9.17) is 23.7 Å². The average molecular weight is 427 g/mol. The molecule has 2 bridgehead atoms. The second kappa shape index (κ2) is 7.85. The molecule has 0 radical (unpaired) electrons. The molecule has 7 heteroatoms. The van der Waals surface area contributed by atoms with Gasteiger partial charge in [-0.3, -0.25) is 0 Å². The van der Waals surface area contributed by atoms with Gasteiger partial charge in [-0.2, -0.15) is 0 Å². The standard InChI is InChI=1S/C23H38O7/c1-8-26-17-15-21(16(2)3)10-12-22(25,11-9-20(7)27-13-14-28-20)23(17,30-21)18(24)29-19(4,5)6/h10,12,16-17,25H,8-9,11,13-15H2,1-7H3/t17-,21-,22+,23+/m1/s1. The lowest BCUT2D eigenvalue weighted by atomic mass is 9.75. The molecule has 0 aromatic heterocycles. The van der Waals surface area contributed by atoms with Gasteiger partial charge in [-0.15, -0.1) is 0 Å². The predicted octanol–water partition coefficient (Wildman–Crippen LogP) is 3.13.